The first-order chi connectivity index (χ1) is 30.4. The zero-order valence-corrected chi connectivity index (χ0v) is 39.2. The lowest BCUT2D eigenvalue weighted by atomic mass is 9.47. The summed E-state index contributed by atoms with van der Waals surface area (Å²) in [6.07, 6.45) is 8.39. The van der Waals surface area contributed by atoms with Crippen molar-refractivity contribution in [1.82, 2.24) is 15.1 Å². The first kappa shape index (κ1) is 46.8. The molecular weight excluding hydrogens is 772 g/mol. The molecule has 8 heteroatoms. The Morgan fingerprint density at radius 3 is 1.56 bits per heavy atom. The summed E-state index contributed by atoms with van der Waals surface area (Å²) in [5.74, 6) is 1.11. The highest BCUT2D eigenvalue weighted by atomic mass is 16.5. The van der Waals surface area contributed by atoms with Crippen molar-refractivity contribution >= 4 is 42.0 Å². The predicted octanol–water partition coefficient (Wildman–Crippen LogP) is 10.5. The van der Waals surface area contributed by atoms with Crippen LogP contribution in [-0.4, -0.2) is 74.8 Å². The summed E-state index contributed by atoms with van der Waals surface area (Å²) >= 11 is 0. The number of nitrogens with one attached hydrogen (secondary N) is 1. The van der Waals surface area contributed by atoms with Crippen molar-refractivity contribution in [3.63, 3.8) is 0 Å². The number of rotatable bonds is 20. The minimum Gasteiger partial charge on any atom is -0.394 e. The number of aliphatic hydroxyl groups is 1. The van der Waals surface area contributed by atoms with Gasteiger partial charge in [-0.3, -0.25) is 14.6 Å². The number of fused-ring (bicyclic) bond motifs is 2. The maximum Gasteiger partial charge on any atom is 0.246 e. The molecule has 2 atom stereocenters. The molecule has 0 saturated carbocycles. The van der Waals surface area contributed by atoms with Crippen LogP contribution in [0.2, 0.25) is 12.6 Å². The van der Waals surface area contributed by atoms with E-state index in [2.05, 4.69) is 146 Å². The van der Waals surface area contributed by atoms with Crippen LogP contribution >= 0.6 is 0 Å². The van der Waals surface area contributed by atoms with Crippen LogP contribution in [0, 0.1) is 10.8 Å². The van der Waals surface area contributed by atoms with Crippen molar-refractivity contribution in [3.8, 4) is 0 Å². The first-order valence-corrected chi connectivity index (χ1v) is 24.1. The van der Waals surface area contributed by atoms with Gasteiger partial charge in [0.05, 0.1) is 19.8 Å². The average Bonchev–Trinajstić information content (AvgIpc) is 3.28. The van der Waals surface area contributed by atoms with E-state index in [1.54, 1.807) is 6.92 Å². The Balaban J connectivity index is 1.23. The molecule has 332 valence electrons. The van der Waals surface area contributed by atoms with Crippen molar-refractivity contribution in [2.45, 2.75) is 117 Å². The van der Waals surface area contributed by atoms with E-state index in [-0.39, 0.29) is 12.5 Å². The topological polar surface area (TPSA) is 65.0 Å². The average molecular weight is 846 g/mol. The molecule has 2 saturated heterocycles. The van der Waals surface area contributed by atoms with Gasteiger partial charge in [0, 0.05) is 51.4 Å². The third kappa shape index (κ3) is 12.3. The highest BCUT2D eigenvalue weighted by Gasteiger charge is 2.31. The minimum absolute atomic E-state index is 0.0300. The molecule has 2 N–H and O–H groups in total. The summed E-state index contributed by atoms with van der Waals surface area (Å²) in [6, 6.07) is 36.5. The first-order valence-electron chi connectivity index (χ1n) is 24.1. The summed E-state index contributed by atoms with van der Waals surface area (Å²) in [7, 11) is 2.48. The Hall–Kier alpha value is -4.20. The molecule has 0 radical (unpaired) electrons. The molecule has 2 unspecified atom stereocenters. The monoisotopic (exact) mass is 846 g/mol. The van der Waals surface area contributed by atoms with Crippen molar-refractivity contribution in [1.29, 1.82) is 0 Å². The van der Waals surface area contributed by atoms with Gasteiger partial charge in [-0.05, 0) is 104 Å². The third-order valence-electron chi connectivity index (χ3n) is 14.5. The highest BCUT2D eigenvalue weighted by molar-refractivity contribution is 6.38. The van der Waals surface area contributed by atoms with Gasteiger partial charge >= 0.3 is 0 Å². The van der Waals surface area contributed by atoms with E-state index in [1.165, 1.54) is 108 Å². The van der Waals surface area contributed by atoms with Gasteiger partial charge < -0.3 is 15.2 Å². The second-order valence-corrected chi connectivity index (χ2v) is 20.5. The van der Waals surface area contributed by atoms with E-state index in [9.17, 15) is 9.90 Å². The van der Waals surface area contributed by atoms with Crippen molar-refractivity contribution < 1.29 is 14.6 Å². The van der Waals surface area contributed by atoms with E-state index in [4.69, 9.17) is 4.74 Å². The fourth-order valence-electron chi connectivity index (χ4n) is 10.6. The number of amides is 1. The number of ether oxygens (including phenoxy) is 1. The Bertz CT molecular complexity index is 2250. The number of carbonyl (C=O) groups excluding carboxylic acids is 1. The molecule has 6 nitrogen and oxygen atoms in total. The van der Waals surface area contributed by atoms with Gasteiger partial charge in [-0.2, -0.15) is 0 Å². The zero-order chi connectivity index (χ0) is 44.4. The summed E-state index contributed by atoms with van der Waals surface area (Å²) in [5, 5.41) is 17.9. The zero-order valence-electron chi connectivity index (χ0n) is 39.2. The predicted molar refractivity (Wildman–Crippen MR) is 268 cm³/mol. The van der Waals surface area contributed by atoms with Crippen LogP contribution in [0.25, 0.3) is 21.5 Å². The number of aliphatic hydroxyl groups excluding tert-OH is 1. The Labute approximate surface area is 380 Å². The largest absolute Gasteiger partial charge is 0.394 e. The second-order valence-electron chi connectivity index (χ2n) is 20.5. The SMILES string of the molecule is C=C(C)C(=O)NCCCN(Cc1ccccc1C1BCC(C)(C)CC1)Cc1c2ccccc2c(CN(CCOCCO)Cc2ccccc2C2BCC(C)(C)CC2)c2ccccc12. The summed E-state index contributed by atoms with van der Waals surface area (Å²) in [5.41, 5.74) is 9.95. The van der Waals surface area contributed by atoms with Crippen LogP contribution in [0.5, 0.6) is 0 Å². The van der Waals surface area contributed by atoms with Crippen molar-refractivity contribution in [3.05, 3.63) is 143 Å². The highest BCUT2D eigenvalue weighted by Crippen LogP contribution is 2.42. The van der Waals surface area contributed by atoms with Crippen LogP contribution in [-0.2, 0) is 35.7 Å². The molecule has 63 heavy (non-hydrogen) atoms. The molecule has 1 amide bonds. The number of hydrogen-bond donors (Lipinski definition) is 2. The number of nitrogens with zero attached hydrogens (tertiary/aromatic N) is 2. The molecule has 5 aromatic carbocycles. The van der Waals surface area contributed by atoms with Crippen LogP contribution in [0.3, 0.4) is 0 Å². The van der Waals surface area contributed by atoms with Gasteiger partial charge in [0.2, 0.25) is 5.91 Å². The quantitative estimate of drug-likeness (QED) is 0.0354. The maximum atomic E-state index is 12.5. The molecule has 2 fully saturated rings. The van der Waals surface area contributed by atoms with E-state index < -0.39 is 0 Å². The molecule has 0 aromatic heterocycles. The fraction of sp³-hybridized carbons (Fsp3) is 0.473. The number of benzene rings is 5. The maximum absolute atomic E-state index is 12.5. The lowest BCUT2D eigenvalue weighted by molar-refractivity contribution is -0.117. The molecule has 2 aliphatic rings. The smallest absolute Gasteiger partial charge is 0.246 e. The van der Waals surface area contributed by atoms with Crippen LogP contribution < -0.4 is 5.32 Å². The van der Waals surface area contributed by atoms with Crippen molar-refractivity contribution in [2.75, 3.05) is 39.5 Å². The van der Waals surface area contributed by atoms with E-state index >= 15 is 0 Å². The van der Waals surface area contributed by atoms with E-state index in [0.717, 1.165) is 45.7 Å². The third-order valence-corrected chi connectivity index (χ3v) is 14.5. The standard InChI is InChI=1S/C55H73B2N3O3/c1-40(2)53(62)58-28-15-29-59(34-41-16-7-9-18-43(41)51-24-26-54(3,4)38-56-51)36-49-45-20-11-13-22-47(45)50(48-23-14-12-21-46(48)49)37-60(30-32-63-33-31-61)35-42-17-8-10-19-44(42)52-25-27-55(5,6)39-57-52/h7-14,16-23,51-52,56-57,61H,1,15,24-39H2,2-6H3,(H,58,62). The molecule has 2 aliphatic heterocycles. The van der Waals surface area contributed by atoms with Gasteiger partial charge in [-0.15, -0.1) is 0 Å². The fourth-order valence-corrected chi connectivity index (χ4v) is 10.6. The Morgan fingerprint density at radius 1 is 0.683 bits per heavy atom. The molecule has 2 heterocycles. The number of hydrogen-bond acceptors (Lipinski definition) is 5. The lowest BCUT2D eigenvalue weighted by Crippen LogP contribution is -2.31. The summed E-state index contributed by atoms with van der Waals surface area (Å²) in [4.78, 5) is 17.7. The van der Waals surface area contributed by atoms with Crippen LogP contribution in [0.4, 0.5) is 0 Å². The van der Waals surface area contributed by atoms with Gasteiger partial charge in [0.15, 0.2) is 0 Å². The van der Waals surface area contributed by atoms with Gasteiger partial charge in [-0.25, -0.2) is 0 Å². The normalized spacial score (nSPS) is 18.3. The Kier molecular flexibility index (Phi) is 16.1. The van der Waals surface area contributed by atoms with Gasteiger partial charge in [-0.1, -0.05) is 157 Å². The molecule has 0 bridgehead atoms. The van der Waals surface area contributed by atoms with E-state index in [0.29, 0.717) is 47.8 Å². The molecule has 7 rings (SSSR count). The summed E-state index contributed by atoms with van der Waals surface area (Å²) < 4.78 is 5.94. The van der Waals surface area contributed by atoms with Gasteiger partial charge in [0.25, 0.3) is 0 Å². The van der Waals surface area contributed by atoms with E-state index in [1.807, 2.05) is 0 Å². The van der Waals surface area contributed by atoms with Crippen LogP contribution in [0.15, 0.2) is 109 Å². The molecule has 0 spiro atoms. The second kappa shape index (κ2) is 21.7. The van der Waals surface area contributed by atoms with Crippen molar-refractivity contribution in [2.24, 2.45) is 10.8 Å². The molecule has 5 aromatic rings. The summed E-state index contributed by atoms with van der Waals surface area (Å²) in [6.45, 7) is 21.8. The minimum atomic E-state index is -0.0739. The molecular formula is C55H73B2N3O3. The van der Waals surface area contributed by atoms with Crippen LogP contribution in [0.1, 0.15) is 112 Å². The molecule has 0 aliphatic carbocycles. The number of carbonyl (C=O) groups is 1. The Morgan fingerprint density at radius 2 is 1.13 bits per heavy atom. The van der Waals surface area contributed by atoms with Gasteiger partial charge in [0.1, 0.15) is 14.6 Å². The lowest BCUT2D eigenvalue weighted by Gasteiger charge is -2.35.